The van der Waals surface area contributed by atoms with E-state index in [2.05, 4.69) is 21.2 Å². The van der Waals surface area contributed by atoms with Gasteiger partial charge in [-0.25, -0.2) is 4.79 Å². The van der Waals surface area contributed by atoms with Gasteiger partial charge in [-0.2, -0.15) is 0 Å². The molecule has 0 atom stereocenters. The van der Waals surface area contributed by atoms with Crippen LogP contribution < -0.4 is 5.32 Å². The minimum atomic E-state index is -0.485. The van der Waals surface area contributed by atoms with Crippen molar-refractivity contribution >= 4 is 33.6 Å². The maximum absolute atomic E-state index is 11.4. The summed E-state index contributed by atoms with van der Waals surface area (Å²) in [4.78, 5) is 11.4. The van der Waals surface area contributed by atoms with Crippen LogP contribution >= 0.6 is 27.5 Å². The molecule has 0 bridgehead atoms. The Balaban J connectivity index is 2.53. The third-order valence-corrected chi connectivity index (χ3v) is 2.81. The molecule has 1 amide bonds. The Morgan fingerprint density at radius 3 is 2.65 bits per heavy atom. The summed E-state index contributed by atoms with van der Waals surface area (Å²) < 4.78 is 5.99. The van der Waals surface area contributed by atoms with E-state index >= 15 is 0 Å². The molecule has 0 fully saturated rings. The van der Waals surface area contributed by atoms with Crippen molar-refractivity contribution < 1.29 is 9.53 Å². The van der Waals surface area contributed by atoms with Gasteiger partial charge in [0.1, 0.15) is 5.60 Å². The molecule has 3 nitrogen and oxygen atoms in total. The molecule has 0 spiro atoms. The van der Waals surface area contributed by atoms with Crippen LogP contribution in [0.15, 0.2) is 22.7 Å². The summed E-state index contributed by atoms with van der Waals surface area (Å²) >= 11 is 9.21. The van der Waals surface area contributed by atoms with E-state index in [-0.39, 0.29) is 0 Å². The van der Waals surface area contributed by atoms with Crippen molar-refractivity contribution in [3.05, 3.63) is 33.3 Å². The molecule has 1 aromatic rings. The van der Waals surface area contributed by atoms with E-state index in [1.165, 1.54) is 0 Å². The number of hydrogen-bond donors (Lipinski definition) is 1. The zero-order valence-corrected chi connectivity index (χ0v) is 12.4. The summed E-state index contributed by atoms with van der Waals surface area (Å²) in [6.07, 6.45) is -0.431. The largest absolute Gasteiger partial charge is 0.444 e. The van der Waals surface area contributed by atoms with Crippen LogP contribution in [0.25, 0.3) is 0 Å². The van der Waals surface area contributed by atoms with Gasteiger partial charge >= 0.3 is 6.09 Å². The lowest BCUT2D eigenvalue weighted by atomic mass is 10.2. The maximum Gasteiger partial charge on any atom is 0.407 e. The van der Waals surface area contributed by atoms with Gasteiger partial charge in [0, 0.05) is 16.0 Å². The normalized spacial score (nSPS) is 11.1. The number of hydrogen-bond acceptors (Lipinski definition) is 2. The highest BCUT2D eigenvalue weighted by Crippen LogP contribution is 2.21. The Morgan fingerprint density at radius 1 is 1.47 bits per heavy atom. The van der Waals surface area contributed by atoms with Gasteiger partial charge in [-0.15, -0.1) is 0 Å². The van der Waals surface area contributed by atoms with Gasteiger partial charge in [0.05, 0.1) is 0 Å². The molecule has 1 rings (SSSR count). The molecule has 0 aromatic heterocycles. The Labute approximate surface area is 115 Å². The van der Waals surface area contributed by atoms with Gasteiger partial charge in [-0.3, -0.25) is 0 Å². The first-order chi connectivity index (χ1) is 7.78. The molecule has 1 aromatic carbocycles. The Bertz CT molecular complexity index is 415. The first kappa shape index (κ1) is 14.3. The number of carbonyl (C=O) groups excluding carboxylic acids is 1. The van der Waals surface area contributed by atoms with Crippen molar-refractivity contribution in [2.45, 2.75) is 32.9 Å². The molecular weight excluding hydrogens is 305 g/mol. The fourth-order valence-electron chi connectivity index (χ4n) is 1.15. The van der Waals surface area contributed by atoms with E-state index in [4.69, 9.17) is 16.3 Å². The quantitative estimate of drug-likeness (QED) is 0.890. The van der Waals surface area contributed by atoms with Gasteiger partial charge in [-0.1, -0.05) is 33.6 Å². The predicted octanol–water partition coefficient (Wildman–Crippen LogP) is 4.13. The van der Waals surface area contributed by atoms with Crippen molar-refractivity contribution in [2.75, 3.05) is 0 Å². The zero-order valence-electron chi connectivity index (χ0n) is 10.0. The van der Waals surface area contributed by atoms with Crippen LogP contribution in [0.5, 0.6) is 0 Å². The van der Waals surface area contributed by atoms with Crippen LogP contribution in [0.3, 0.4) is 0 Å². The molecule has 0 unspecified atom stereocenters. The number of halogens is 2. The molecule has 0 aliphatic rings. The summed E-state index contributed by atoms with van der Waals surface area (Å²) in [6.45, 7) is 5.87. The summed E-state index contributed by atoms with van der Waals surface area (Å²) in [5.74, 6) is 0. The van der Waals surface area contributed by atoms with Crippen LogP contribution in [0.4, 0.5) is 4.79 Å². The van der Waals surface area contributed by atoms with Crippen LogP contribution in [0.2, 0.25) is 5.02 Å². The molecule has 0 saturated carbocycles. The van der Waals surface area contributed by atoms with E-state index in [1.807, 2.05) is 26.8 Å². The molecule has 0 radical (unpaired) electrons. The minimum absolute atomic E-state index is 0.396. The molecular formula is C12H15BrClNO2. The Hall–Kier alpha value is -0.740. The highest BCUT2D eigenvalue weighted by molar-refractivity contribution is 9.10. The van der Waals surface area contributed by atoms with Crippen LogP contribution in [-0.4, -0.2) is 11.7 Å². The van der Waals surface area contributed by atoms with Gasteiger partial charge in [0.25, 0.3) is 0 Å². The van der Waals surface area contributed by atoms with E-state index in [0.29, 0.717) is 11.6 Å². The van der Waals surface area contributed by atoms with Gasteiger partial charge in [0.2, 0.25) is 0 Å². The lowest BCUT2D eigenvalue weighted by molar-refractivity contribution is 0.0523. The lowest BCUT2D eigenvalue weighted by Gasteiger charge is -2.19. The van der Waals surface area contributed by atoms with E-state index in [9.17, 15) is 4.79 Å². The number of amides is 1. The molecule has 5 heteroatoms. The summed E-state index contributed by atoms with van der Waals surface area (Å²) in [5, 5.41) is 3.33. The smallest absolute Gasteiger partial charge is 0.407 e. The second-order valence-corrected chi connectivity index (χ2v) is 5.88. The average Bonchev–Trinajstić information content (AvgIpc) is 2.13. The second-order valence-electron chi connectivity index (χ2n) is 4.59. The van der Waals surface area contributed by atoms with Crippen molar-refractivity contribution in [2.24, 2.45) is 0 Å². The third-order valence-electron chi connectivity index (χ3n) is 1.84. The molecule has 0 saturated heterocycles. The van der Waals surface area contributed by atoms with Crippen LogP contribution in [0, 0.1) is 0 Å². The minimum Gasteiger partial charge on any atom is -0.444 e. The summed E-state index contributed by atoms with van der Waals surface area (Å²) in [6, 6.07) is 5.41. The molecule has 0 aliphatic carbocycles. The van der Waals surface area contributed by atoms with Crippen LogP contribution in [-0.2, 0) is 11.3 Å². The van der Waals surface area contributed by atoms with Crippen molar-refractivity contribution in [1.29, 1.82) is 0 Å². The highest BCUT2D eigenvalue weighted by Gasteiger charge is 2.15. The number of alkyl carbamates (subject to hydrolysis) is 1. The van der Waals surface area contributed by atoms with Gasteiger partial charge in [0.15, 0.2) is 0 Å². The first-order valence-electron chi connectivity index (χ1n) is 5.19. The topological polar surface area (TPSA) is 38.3 Å². The average molecular weight is 321 g/mol. The molecule has 0 heterocycles. The summed E-state index contributed by atoms with van der Waals surface area (Å²) in [7, 11) is 0. The second kappa shape index (κ2) is 5.74. The number of rotatable bonds is 2. The SMILES string of the molecule is CC(C)(C)OC(=O)NCc1ccc(Cl)cc1Br. The predicted molar refractivity (Wildman–Crippen MR) is 72.2 cm³/mol. The van der Waals surface area contributed by atoms with Crippen molar-refractivity contribution in [1.82, 2.24) is 5.32 Å². The Kier molecular flexibility index (Phi) is 4.83. The third kappa shape index (κ3) is 5.41. The van der Waals surface area contributed by atoms with E-state index < -0.39 is 11.7 Å². The maximum atomic E-state index is 11.4. The highest BCUT2D eigenvalue weighted by atomic mass is 79.9. The fraction of sp³-hybridized carbons (Fsp3) is 0.417. The molecule has 94 valence electrons. The van der Waals surface area contributed by atoms with Gasteiger partial charge in [-0.05, 0) is 38.5 Å². The number of carbonyl (C=O) groups is 1. The first-order valence-corrected chi connectivity index (χ1v) is 6.36. The zero-order chi connectivity index (χ0) is 13.1. The van der Waals surface area contributed by atoms with Crippen LogP contribution in [0.1, 0.15) is 26.3 Å². The lowest BCUT2D eigenvalue weighted by Crippen LogP contribution is -2.32. The summed E-state index contributed by atoms with van der Waals surface area (Å²) in [5.41, 5.74) is 0.460. The monoisotopic (exact) mass is 319 g/mol. The van der Waals surface area contributed by atoms with Crippen molar-refractivity contribution in [3.63, 3.8) is 0 Å². The fourth-order valence-corrected chi connectivity index (χ4v) is 1.97. The molecule has 17 heavy (non-hydrogen) atoms. The standard InChI is InChI=1S/C12H15BrClNO2/c1-12(2,3)17-11(16)15-7-8-4-5-9(14)6-10(8)13/h4-6H,7H2,1-3H3,(H,15,16). The number of nitrogens with one attached hydrogen (secondary N) is 1. The van der Waals surface area contributed by atoms with Gasteiger partial charge < -0.3 is 10.1 Å². The number of benzene rings is 1. The van der Waals surface area contributed by atoms with E-state index in [0.717, 1.165) is 10.0 Å². The Morgan fingerprint density at radius 2 is 2.12 bits per heavy atom. The molecule has 0 aliphatic heterocycles. The number of ether oxygens (including phenoxy) is 1. The molecule has 1 N–H and O–H groups in total. The van der Waals surface area contributed by atoms with E-state index in [1.54, 1.807) is 12.1 Å². The van der Waals surface area contributed by atoms with Crippen molar-refractivity contribution in [3.8, 4) is 0 Å².